The van der Waals surface area contributed by atoms with Gasteiger partial charge in [-0.3, -0.25) is 10.1 Å². The summed E-state index contributed by atoms with van der Waals surface area (Å²) in [5.41, 5.74) is 0.205. The van der Waals surface area contributed by atoms with Crippen molar-refractivity contribution in [3.63, 3.8) is 0 Å². The van der Waals surface area contributed by atoms with E-state index in [1.807, 2.05) is 6.07 Å². The van der Waals surface area contributed by atoms with Crippen molar-refractivity contribution in [3.05, 3.63) is 58.0 Å². The summed E-state index contributed by atoms with van der Waals surface area (Å²) in [6.45, 7) is 0.478. The maximum absolute atomic E-state index is 12.2. The van der Waals surface area contributed by atoms with Crippen LogP contribution < -0.4 is 10.6 Å². The molecule has 118 valence electrons. The van der Waals surface area contributed by atoms with E-state index in [1.165, 1.54) is 11.3 Å². The number of nitrogens with one attached hydrogen (secondary N) is 2. The van der Waals surface area contributed by atoms with E-state index in [9.17, 15) is 4.79 Å². The van der Waals surface area contributed by atoms with Crippen LogP contribution in [0.25, 0.3) is 0 Å². The van der Waals surface area contributed by atoms with E-state index in [2.05, 4.69) is 20.8 Å². The van der Waals surface area contributed by atoms with Crippen molar-refractivity contribution in [2.75, 3.05) is 10.6 Å². The third kappa shape index (κ3) is 3.82. The Morgan fingerprint density at radius 2 is 1.87 bits per heavy atom. The minimum atomic E-state index is -0.436. The summed E-state index contributed by atoms with van der Waals surface area (Å²) < 4.78 is 5.21. The normalized spacial score (nSPS) is 10.5. The van der Waals surface area contributed by atoms with Gasteiger partial charge in [0, 0.05) is 0 Å². The molecule has 2 aromatic heterocycles. The molecule has 2 N–H and O–H groups in total. The molecule has 0 saturated carbocycles. The van der Waals surface area contributed by atoms with Crippen molar-refractivity contribution in [2.45, 2.75) is 6.54 Å². The first-order valence-electron chi connectivity index (χ1n) is 6.48. The number of benzene rings is 1. The third-order valence-electron chi connectivity index (χ3n) is 2.83. The Bertz CT molecular complexity index is 800. The average Bonchev–Trinajstić information content (AvgIpc) is 3.16. The second-order valence-corrected chi connectivity index (χ2v) is 6.19. The van der Waals surface area contributed by atoms with E-state index in [0.717, 1.165) is 5.76 Å². The Labute approximate surface area is 145 Å². The Balaban J connectivity index is 1.65. The maximum atomic E-state index is 12.2. The van der Waals surface area contributed by atoms with Crippen LogP contribution >= 0.6 is 34.5 Å². The van der Waals surface area contributed by atoms with E-state index < -0.39 is 5.91 Å². The van der Waals surface area contributed by atoms with Crippen molar-refractivity contribution in [1.82, 2.24) is 10.2 Å². The lowest BCUT2D eigenvalue weighted by Gasteiger charge is -2.05. The number of aromatic nitrogens is 2. The summed E-state index contributed by atoms with van der Waals surface area (Å²) in [6, 6.07) is 8.51. The highest BCUT2D eigenvalue weighted by molar-refractivity contribution is 7.19. The third-order valence-corrected chi connectivity index (χ3v) is 4.26. The molecule has 1 aromatic carbocycles. The molecular weight excluding hydrogens is 359 g/mol. The number of carbonyl (C=O) groups is 1. The van der Waals surface area contributed by atoms with Crippen molar-refractivity contribution < 1.29 is 9.21 Å². The second kappa shape index (κ2) is 6.99. The predicted octanol–water partition coefficient (Wildman–Crippen LogP) is 4.30. The summed E-state index contributed by atoms with van der Waals surface area (Å²) in [5.74, 6) is 0.336. The molecule has 0 aliphatic rings. The van der Waals surface area contributed by atoms with Gasteiger partial charge in [0.25, 0.3) is 5.91 Å². The Hall–Kier alpha value is -2.09. The zero-order valence-corrected chi connectivity index (χ0v) is 13.9. The molecule has 0 spiro atoms. The second-order valence-electron chi connectivity index (χ2n) is 4.40. The number of anilines is 2. The number of carbonyl (C=O) groups excluding carboxylic acids is 1. The highest BCUT2D eigenvalue weighted by atomic mass is 35.5. The molecule has 0 fully saturated rings. The summed E-state index contributed by atoms with van der Waals surface area (Å²) >= 11 is 13.2. The smallest absolute Gasteiger partial charge is 0.260 e. The Morgan fingerprint density at radius 1 is 1.13 bits per heavy atom. The molecule has 0 saturated heterocycles. The van der Waals surface area contributed by atoms with Crippen LogP contribution in [0.5, 0.6) is 0 Å². The number of hydrogen-bond donors (Lipinski definition) is 2. The zero-order valence-electron chi connectivity index (χ0n) is 11.5. The topological polar surface area (TPSA) is 80.0 Å². The molecule has 1 amide bonds. The van der Waals surface area contributed by atoms with E-state index in [1.54, 1.807) is 30.5 Å². The Kier molecular flexibility index (Phi) is 4.80. The monoisotopic (exact) mass is 368 g/mol. The van der Waals surface area contributed by atoms with Crippen LogP contribution in [0.4, 0.5) is 10.3 Å². The van der Waals surface area contributed by atoms with Gasteiger partial charge in [0.15, 0.2) is 0 Å². The molecule has 9 heteroatoms. The molecule has 2 heterocycles. The number of hydrogen-bond acceptors (Lipinski definition) is 6. The van der Waals surface area contributed by atoms with E-state index >= 15 is 0 Å². The van der Waals surface area contributed by atoms with Crippen molar-refractivity contribution in [1.29, 1.82) is 0 Å². The highest BCUT2D eigenvalue weighted by Crippen LogP contribution is 2.27. The maximum Gasteiger partial charge on any atom is 0.260 e. The van der Waals surface area contributed by atoms with Crippen LogP contribution in [0.3, 0.4) is 0 Å². The number of rotatable bonds is 5. The number of nitrogens with zero attached hydrogens (tertiary/aromatic N) is 2. The largest absolute Gasteiger partial charge is 0.467 e. The van der Waals surface area contributed by atoms with Gasteiger partial charge in [-0.2, -0.15) is 0 Å². The molecule has 0 unspecified atom stereocenters. The average molecular weight is 369 g/mol. The standard InChI is InChI=1S/C14H10Cl2N4O2S/c15-9-4-1-5-10(16)11(9)12(21)18-14-20-19-13(23-14)17-7-8-3-2-6-22-8/h1-6H,7H2,(H,17,19)(H,18,20,21). The van der Waals surface area contributed by atoms with Gasteiger partial charge in [0.2, 0.25) is 10.3 Å². The van der Waals surface area contributed by atoms with Crippen molar-refractivity contribution in [3.8, 4) is 0 Å². The van der Waals surface area contributed by atoms with Gasteiger partial charge in [-0.05, 0) is 24.3 Å². The minimum Gasteiger partial charge on any atom is -0.467 e. The number of amides is 1. The van der Waals surface area contributed by atoms with Gasteiger partial charge in [-0.25, -0.2) is 0 Å². The van der Waals surface area contributed by atoms with Gasteiger partial charge < -0.3 is 9.73 Å². The minimum absolute atomic E-state index is 0.205. The van der Waals surface area contributed by atoms with E-state index in [4.69, 9.17) is 27.6 Å². The summed E-state index contributed by atoms with van der Waals surface area (Å²) in [5, 5.41) is 15.0. The molecule has 0 radical (unpaired) electrons. The molecule has 0 aliphatic carbocycles. The summed E-state index contributed by atoms with van der Waals surface area (Å²) in [6.07, 6.45) is 1.59. The first-order valence-corrected chi connectivity index (χ1v) is 8.06. The zero-order chi connectivity index (χ0) is 16.2. The van der Waals surface area contributed by atoms with Crippen molar-refractivity contribution >= 4 is 50.7 Å². The molecule has 6 nitrogen and oxygen atoms in total. The fraction of sp³-hybridized carbons (Fsp3) is 0.0714. The first kappa shape index (κ1) is 15.8. The molecule has 3 rings (SSSR count). The van der Waals surface area contributed by atoms with Gasteiger partial charge >= 0.3 is 0 Å². The number of halogens is 2. The predicted molar refractivity (Wildman–Crippen MR) is 90.4 cm³/mol. The molecule has 23 heavy (non-hydrogen) atoms. The first-order chi connectivity index (χ1) is 11.1. The lowest BCUT2D eigenvalue weighted by Crippen LogP contribution is -2.12. The molecule has 0 atom stereocenters. The van der Waals surface area contributed by atoms with Crippen LogP contribution in [0.1, 0.15) is 16.1 Å². The van der Waals surface area contributed by atoms with Crippen LogP contribution in [0.15, 0.2) is 41.0 Å². The van der Waals surface area contributed by atoms with Gasteiger partial charge in [-0.1, -0.05) is 40.6 Å². The highest BCUT2D eigenvalue weighted by Gasteiger charge is 2.16. The van der Waals surface area contributed by atoms with Gasteiger partial charge in [0.1, 0.15) is 5.76 Å². The summed E-state index contributed by atoms with van der Waals surface area (Å²) in [4.78, 5) is 12.2. The lowest BCUT2D eigenvalue weighted by atomic mass is 10.2. The molecular formula is C14H10Cl2N4O2S. The van der Waals surface area contributed by atoms with E-state index in [-0.39, 0.29) is 15.6 Å². The lowest BCUT2D eigenvalue weighted by molar-refractivity contribution is 0.102. The quantitative estimate of drug-likeness (QED) is 0.701. The number of furan rings is 1. The van der Waals surface area contributed by atoms with Crippen LogP contribution in [-0.2, 0) is 6.54 Å². The van der Waals surface area contributed by atoms with Crippen molar-refractivity contribution in [2.24, 2.45) is 0 Å². The molecule has 0 bridgehead atoms. The van der Waals surface area contributed by atoms with Gasteiger partial charge in [0.05, 0.1) is 28.4 Å². The van der Waals surface area contributed by atoms with Crippen LogP contribution in [0, 0.1) is 0 Å². The summed E-state index contributed by atoms with van der Waals surface area (Å²) in [7, 11) is 0. The van der Waals surface area contributed by atoms with Crippen LogP contribution in [-0.4, -0.2) is 16.1 Å². The molecule has 3 aromatic rings. The van der Waals surface area contributed by atoms with E-state index in [0.29, 0.717) is 16.8 Å². The molecule has 0 aliphatic heterocycles. The van der Waals surface area contributed by atoms with Crippen LogP contribution in [0.2, 0.25) is 10.0 Å². The Morgan fingerprint density at radius 3 is 2.57 bits per heavy atom. The fourth-order valence-corrected chi connectivity index (χ4v) is 3.00. The van der Waals surface area contributed by atoms with Gasteiger partial charge in [-0.15, -0.1) is 10.2 Å². The fourth-order valence-electron chi connectivity index (χ4n) is 1.80. The SMILES string of the molecule is O=C(Nc1nnc(NCc2ccco2)s1)c1c(Cl)cccc1Cl.